The van der Waals surface area contributed by atoms with Gasteiger partial charge in [-0.3, -0.25) is 28.9 Å². The quantitative estimate of drug-likeness (QED) is 0.0661. The molecule has 3 fully saturated rings. The van der Waals surface area contributed by atoms with Crippen LogP contribution in [0.15, 0.2) is 78.9 Å². The van der Waals surface area contributed by atoms with E-state index < -0.39 is 53.6 Å². The van der Waals surface area contributed by atoms with Gasteiger partial charge in [0.05, 0.1) is 29.0 Å². The Morgan fingerprint density at radius 2 is 1.40 bits per heavy atom. The molecule has 16 nitrogen and oxygen atoms in total. The number of rotatable bonds is 20. The number of benzene rings is 3. The lowest BCUT2D eigenvalue weighted by Crippen LogP contribution is -2.60. The average Bonchev–Trinajstić information content (AvgIpc) is 4.07. The lowest BCUT2D eigenvalue weighted by molar-refractivity contribution is -0.144. The monoisotopic (exact) mass is 1010 g/mol. The molecule has 3 aliphatic rings. The van der Waals surface area contributed by atoms with E-state index in [-0.39, 0.29) is 23.6 Å². The Bertz CT molecular complexity index is 2410. The zero-order chi connectivity index (χ0) is 51.2. The first-order valence-electron chi connectivity index (χ1n) is 25.9. The summed E-state index contributed by atoms with van der Waals surface area (Å²) in [5, 5.41) is 13.3. The number of para-hydroxylation sites is 1. The summed E-state index contributed by atoms with van der Waals surface area (Å²) in [6, 6.07) is 21.3. The molecule has 1 saturated carbocycles. The Balaban J connectivity index is 0.985. The van der Waals surface area contributed by atoms with E-state index in [9.17, 15) is 28.8 Å². The Labute approximate surface area is 428 Å². The number of amides is 6. The fourth-order valence-electron chi connectivity index (χ4n) is 9.95. The molecule has 0 radical (unpaired) electrons. The molecule has 4 atom stereocenters. The Morgan fingerprint density at radius 3 is 2.04 bits per heavy atom. The minimum absolute atomic E-state index is 0.143. The van der Waals surface area contributed by atoms with Gasteiger partial charge in [-0.1, -0.05) is 110 Å². The van der Waals surface area contributed by atoms with E-state index in [4.69, 9.17) is 14.5 Å². The predicted octanol–water partition coefficient (Wildman–Crippen LogP) is 7.17. The van der Waals surface area contributed by atoms with Gasteiger partial charge in [-0.05, 0) is 95.4 Å². The molecule has 2 saturated heterocycles. The standard InChI is InChI=1S/C55H74N8O8S/c1-37(61(5)54(69)71-55(2,3)4)48(64)58-45(40-25-15-10-16-26-40)52(68)63-32-20-28-42(63)50(66)59-47(44(38-21-11-8-12-22-38)39-23-13-9-14-24-39)51(67)57-31-18-7-6-17-30-56-49(65)41-27-19-29-43-46(41)60-53(72-43)62-33-35-70-36-34-62/h8-9,11-14,19,21-24,27,29,37,40,42,44-45,47H,6-7,10,15-18,20,25-26,28,30-36H2,1-5H3,(H,56,65)(H,57,67)(H,58,64)(H,59,66)/t37-,42-,45-,47-/m0/s1. The van der Waals surface area contributed by atoms with Crippen LogP contribution in [0.4, 0.5) is 9.93 Å². The van der Waals surface area contributed by atoms with Gasteiger partial charge in [0.15, 0.2) is 5.13 Å². The third kappa shape index (κ3) is 14.1. The van der Waals surface area contributed by atoms with Gasteiger partial charge >= 0.3 is 6.09 Å². The van der Waals surface area contributed by atoms with E-state index >= 15 is 0 Å². The number of hydrogen-bond donors (Lipinski definition) is 4. The lowest BCUT2D eigenvalue weighted by atomic mass is 9.83. The Kier molecular flexibility index (Phi) is 19.1. The van der Waals surface area contributed by atoms with Crippen molar-refractivity contribution in [1.82, 2.24) is 36.1 Å². The molecule has 2 aliphatic heterocycles. The van der Waals surface area contributed by atoms with Crippen molar-refractivity contribution in [3.05, 3.63) is 95.6 Å². The zero-order valence-corrected chi connectivity index (χ0v) is 43.5. The highest BCUT2D eigenvalue weighted by Crippen LogP contribution is 2.33. The molecule has 4 aromatic rings. The summed E-state index contributed by atoms with van der Waals surface area (Å²) in [4.78, 5) is 94.0. The van der Waals surface area contributed by atoms with Gasteiger partial charge in [0.2, 0.25) is 23.6 Å². The first-order valence-corrected chi connectivity index (χ1v) is 26.8. The third-order valence-corrected chi connectivity index (χ3v) is 15.1. The van der Waals surface area contributed by atoms with Crippen LogP contribution in [0.2, 0.25) is 0 Å². The fraction of sp³-hybridized carbons (Fsp3) is 0.545. The summed E-state index contributed by atoms with van der Waals surface area (Å²) in [5.74, 6) is -2.44. The third-order valence-electron chi connectivity index (χ3n) is 14.0. The minimum Gasteiger partial charge on any atom is -0.444 e. The van der Waals surface area contributed by atoms with Crippen LogP contribution < -0.4 is 26.2 Å². The maximum Gasteiger partial charge on any atom is 0.410 e. The number of carbonyl (C=O) groups is 6. The number of ether oxygens (including phenoxy) is 2. The summed E-state index contributed by atoms with van der Waals surface area (Å²) < 4.78 is 12.0. The molecule has 7 rings (SSSR count). The summed E-state index contributed by atoms with van der Waals surface area (Å²) in [5.41, 5.74) is 2.21. The van der Waals surface area contributed by atoms with Crippen molar-refractivity contribution >= 4 is 62.3 Å². The average molecular weight is 1010 g/mol. The van der Waals surface area contributed by atoms with Crippen molar-refractivity contribution in [2.75, 3.05) is 57.9 Å². The number of anilines is 1. The van der Waals surface area contributed by atoms with E-state index in [2.05, 4.69) is 26.2 Å². The molecule has 72 heavy (non-hydrogen) atoms. The van der Waals surface area contributed by atoms with Crippen molar-refractivity contribution in [3.63, 3.8) is 0 Å². The zero-order valence-electron chi connectivity index (χ0n) is 42.7. The summed E-state index contributed by atoms with van der Waals surface area (Å²) >= 11 is 1.59. The van der Waals surface area contributed by atoms with Crippen LogP contribution in [0.25, 0.3) is 10.2 Å². The van der Waals surface area contributed by atoms with Crippen molar-refractivity contribution in [2.24, 2.45) is 5.92 Å². The number of nitrogens with zero attached hydrogens (tertiary/aromatic N) is 4. The summed E-state index contributed by atoms with van der Waals surface area (Å²) in [6.07, 6.45) is 7.78. The van der Waals surface area contributed by atoms with Crippen LogP contribution in [-0.2, 0) is 28.7 Å². The van der Waals surface area contributed by atoms with Gasteiger partial charge in [-0.25, -0.2) is 9.78 Å². The molecule has 4 N–H and O–H groups in total. The molecule has 0 spiro atoms. The molecule has 3 aromatic carbocycles. The molecule has 3 heterocycles. The van der Waals surface area contributed by atoms with Gasteiger partial charge in [0.25, 0.3) is 5.91 Å². The fourth-order valence-corrected chi connectivity index (χ4v) is 11.0. The van der Waals surface area contributed by atoms with Gasteiger partial charge in [0.1, 0.15) is 29.8 Å². The number of hydrogen-bond acceptors (Lipinski definition) is 11. The van der Waals surface area contributed by atoms with Crippen LogP contribution in [-0.4, -0.2) is 133 Å². The second-order valence-corrected chi connectivity index (χ2v) is 21.3. The van der Waals surface area contributed by atoms with Crippen LogP contribution >= 0.6 is 11.3 Å². The number of morpholine rings is 1. The number of fused-ring (bicyclic) bond motifs is 1. The Hall–Kier alpha value is -6.07. The first kappa shape index (κ1) is 53.7. The first-order chi connectivity index (χ1) is 34.7. The van der Waals surface area contributed by atoms with Crippen molar-refractivity contribution in [3.8, 4) is 0 Å². The predicted molar refractivity (Wildman–Crippen MR) is 280 cm³/mol. The molecule has 0 unspecified atom stereocenters. The van der Waals surface area contributed by atoms with Crippen LogP contribution in [0.5, 0.6) is 0 Å². The van der Waals surface area contributed by atoms with E-state index in [1.54, 1.807) is 43.9 Å². The molecular formula is C55H74N8O8S. The highest BCUT2D eigenvalue weighted by Gasteiger charge is 2.43. The molecule has 388 valence electrons. The highest BCUT2D eigenvalue weighted by molar-refractivity contribution is 7.22. The number of likely N-dealkylation sites (tertiary alicyclic amines) is 1. The molecule has 17 heteroatoms. The second-order valence-electron chi connectivity index (χ2n) is 20.3. The van der Waals surface area contributed by atoms with Crippen LogP contribution in [0, 0.1) is 5.92 Å². The van der Waals surface area contributed by atoms with Crippen LogP contribution in [0.1, 0.15) is 126 Å². The molecule has 6 amide bonds. The van der Waals surface area contributed by atoms with Gasteiger partial charge in [0, 0.05) is 45.7 Å². The van der Waals surface area contributed by atoms with Crippen molar-refractivity contribution in [1.29, 1.82) is 0 Å². The lowest BCUT2D eigenvalue weighted by Gasteiger charge is -2.36. The van der Waals surface area contributed by atoms with Crippen molar-refractivity contribution in [2.45, 2.75) is 134 Å². The van der Waals surface area contributed by atoms with E-state index in [0.717, 1.165) is 85.4 Å². The van der Waals surface area contributed by atoms with Gasteiger partial charge < -0.3 is 40.5 Å². The number of thiazole rings is 1. The Morgan fingerprint density at radius 1 is 0.764 bits per heavy atom. The minimum atomic E-state index is -1.03. The van der Waals surface area contributed by atoms with Gasteiger partial charge in [-0.2, -0.15) is 0 Å². The molecular weight excluding hydrogens is 933 g/mol. The summed E-state index contributed by atoms with van der Waals surface area (Å²) in [7, 11) is 1.50. The normalized spacial score (nSPS) is 17.7. The maximum absolute atomic E-state index is 14.8. The van der Waals surface area contributed by atoms with E-state index in [1.807, 2.05) is 78.9 Å². The number of aromatic nitrogens is 1. The SMILES string of the molecule is C[C@@H](C(=O)N[C@H](C(=O)N1CCC[C@H]1C(=O)N[C@H](C(=O)NCCCCCCNC(=O)c1cccc2sc(N3CCOCC3)nc12)C(c1ccccc1)c1ccccc1)C1CCCCC1)N(C)C(=O)OC(C)(C)C. The number of carbonyl (C=O) groups excluding carboxylic acids is 6. The molecule has 1 aliphatic carbocycles. The highest BCUT2D eigenvalue weighted by atomic mass is 32.1. The number of unbranched alkanes of at least 4 members (excludes halogenated alkanes) is 3. The van der Waals surface area contributed by atoms with Gasteiger partial charge in [-0.15, -0.1) is 0 Å². The van der Waals surface area contributed by atoms with Crippen molar-refractivity contribution < 1.29 is 38.2 Å². The van der Waals surface area contributed by atoms with E-state index in [0.29, 0.717) is 63.2 Å². The summed E-state index contributed by atoms with van der Waals surface area (Å²) in [6.45, 7) is 10.9. The number of likely N-dealkylation sites (N-methyl/N-ethyl adjacent to an activating group) is 1. The smallest absolute Gasteiger partial charge is 0.410 e. The van der Waals surface area contributed by atoms with E-state index in [1.165, 1.54) is 11.9 Å². The topological polar surface area (TPSA) is 192 Å². The second kappa shape index (κ2) is 25.5. The molecule has 0 bridgehead atoms. The van der Waals surface area contributed by atoms with Crippen LogP contribution in [0.3, 0.4) is 0 Å². The number of nitrogens with one attached hydrogen (secondary N) is 4. The maximum atomic E-state index is 14.8. The molecule has 1 aromatic heterocycles. The largest absolute Gasteiger partial charge is 0.444 e.